The molecular weight excluding hydrogens is 241 g/mol. The molecule has 0 spiro atoms. The summed E-state index contributed by atoms with van der Waals surface area (Å²) in [7, 11) is 0. The summed E-state index contributed by atoms with van der Waals surface area (Å²) < 4.78 is 19.0. The minimum Gasteiger partial charge on any atom is -0.491 e. The second kappa shape index (κ2) is 6.78. The zero-order valence-corrected chi connectivity index (χ0v) is 11.9. The van der Waals surface area contributed by atoms with Crippen LogP contribution in [-0.2, 0) is 0 Å². The number of anilines is 1. The quantitative estimate of drug-likeness (QED) is 0.839. The maximum atomic E-state index is 13.8. The molecule has 3 heteroatoms. The van der Waals surface area contributed by atoms with Crippen molar-refractivity contribution in [3.63, 3.8) is 0 Å². The molecule has 1 aliphatic rings. The van der Waals surface area contributed by atoms with Crippen molar-refractivity contribution in [2.75, 3.05) is 11.9 Å². The third kappa shape index (κ3) is 3.85. The highest BCUT2D eigenvalue weighted by Gasteiger charge is 2.20. The molecule has 2 rings (SSSR count). The van der Waals surface area contributed by atoms with Crippen molar-refractivity contribution in [1.29, 1.82) is 0 Å². The topological polar surface area (TPSA) is 21.3 Å². The molecular formula is C16H24FNO. The van der Waals surface area contributed by atoms with Crippen molar-refractivity contribution in [2.45, 2.75) is 52.0 Å². The van der Waals surface area contributed by atoms with Gasteiger partial charge in [-0.2, -0.15) is 0 Å². The van der Waals surface area contributed by atoms with E-state index in [1.54, 1.807) is 12.1 Å². The summed E-state index contributed by atoms with van der Waals surface area (Å²) >= 11 is 0. The van der Waals surface area contributed by atoms with Crippen LogP contribution in [0.1, 0.15) is 46.0 Å². The van der Waals surface area contributed by atoms with Crippen LogP contribution in [0.5, 0.6) is 5.75 Å². The Kier molecular flexibility index (Phi) is 5.06. The van der Waals surface area contributed by atoms with E-state index in [1.807, 2.05) is 13.0 Å². The van der Waals surface area contributed by atoms with Crippen LogP contribution in [0.2, 0.25) is 0 Å². The molecule has 0 bridgehead atoms. The predicted octanol–water partition coefficient (Wildman–Crippen LogP) is 4.61. The van der Waals surface area contributed by atoms with E-state index in [-0.39, 0.29) is 5.82 Å². The van der Waals surface area contributed by atoms with Gasteiger partial charge in [-0.3, -0.25) is 0 Å². The van der Waals surface area contributed by atoms with E-state index in [2.05, 4.69) is 12.2 Å². The Morgan fingerprint density at radius 2 is 2.16 bits per heavy atom. The second-order valence-electron chi connectivity index (χ2n) is 5.36. The molecule has 0 saturated heterocycles. The molecule has 0 aromatic heterocycles. The molecule has 1 aliphatic carbocycles. The Morgan fingerprint density at radius 1 is 1.32 bits per heavy atom. The van der Waals surface area contributed by atoms with Crippen molar-refractivity contribution in [3.05, 3.63) is 24.0 Å². The molecule has 19 heavy (non-hydrogen) atoms. The molecule has 0 radical (unpaired) electrons. The van der Waals surface area contributed by atoms with Gasteiger partial charge in [-0.1, -0.05) is 26.2 Å². The Labute approximate surface area is 115 Å². The summed E-state index contributed by atoms with van der Waals surface area (Å²) in [5.74, 6) is 0.872. The highest BCUT2D eigenvalue weighted by atomic mass is 19.1. The number of ether oxygens (including phenoxy) is 1. The molecule has 1 aromatic carbocycles. The monoisotopic (exact) mass is 265 g/mol. The van der Waals surface area contributed by atoms with Crippen molar-refractivity contribution in [2.24, 2.45) is 5.92 Å². The maximum absolute atomic E-state index is 13.8. The summed E-state index contributed by atoms with van der Waals surface area (Å²) in [6.45, 7) is 4.60. The molecule has 2 nitrogen and oxygen atoms in total. The Morgan fingerprint density at radius 3 is 2.84 bits per heavy atom. The molecule has 0 amide bonds. The predicted molar refractivity (Wildman–Crippen MR) is 77.2 cm³/mol. The summed E-state index contributed by atoms with van der Waals surface area (Å²) in [5, 5.41) is 3.46. The minimum atomic E-state index is -0.283. The summed E-state index contributed by atoms with van der Waals surface area (Å²) in [6.07, 6.45) is 6.24. The first-order valence-electron chi connectivity index (χ1n) is 7.41. The lowest BCUT2D eigenvalue weighted by molar-refractivity contribution is 0.321. The van der Waals surface area contributed by atoms with E-state index in [0.717, 1.165) is 11.6 Å². The van der Waals surface area contributed by atoms with Gasteiger partial charge in [0.2, 0.25) is 0 Å². The van der Waals surface area contributed by atoms with Gasteiger partial charge < -0.3 is 10.1 Å². The number of hydrogen-bond donors (Lipinski definition) is 1. The zero-order valence-electron chi connectivity index (χ0n) is 11.9. The first kappa shape index (κ1) is 14.2. The third-order valence-electron chi connectivity index (χ3n) is 3.96. The molecule has 2 unspecified atom stereocenters. The molecule has 1 fully saturated rings. The SMILES string of the molecule is CCOc1ccc(NC2CCCC(CC)C2)cc1F. The van der Waals surface area contributed by atoms with Crippen molar-refractivity contribution in [3.8, 4) is 5.75 Å². The van der Waals surface area contributed by atoms with E-state index in [0.29, 0.717) is 18.4 Å². The molecule has 0 aliphatic heterocycles. The fourth-order valence-corrected chi connectivity index (χ4v) is 2.89. The smallest absolute Gasteiger partial charge is 0.167 e. The highest BCUT2D eigenvalue weighted by molar-refractivity contribution is 5.48. The Hall–Kier alpha value is -1.25. The number of nitrogens with one attached hydrogen (secondary N) is 1. The molecule has 1 N–H and O–H groups in total. The van der Waals surface area contributed by atoms with Crippen LogP contribution in [-0.4, -0.2) is 12.6 Å². The minimum absolute atomic E-state index is 0.283. The van der Waals surface area contributed by atoms with Crippen LogP contribution < -0.4 is 10.1 Å². The van der Waals surface area contributed by atoms with E-state index in [9.17, 15) is 4.39 Å². The van der Waals surface area contributed by atoms with Gasteiger partial charge in [-0.05, 0) is 37.8 Å². The fourth-order valence-electron chi connectivity index (χ4n) is 2.89. The number of halogens is 1. The molecule has 1 aromatic rings. The number of hydrogen-bond acceptors (Lipinski definition) is 2. The Balaban J connectivity index is 1.97. The molecule has 2 atom stereocenters. The van der Waals surface area contributed by atoms with Gasteiger partial charge in [0.1, 0.15) is 0 Å². The summed E-state index contributed by atoms with van der Waals surface area (Å²) in [4.78, 5) is 0. The van der Waals surface area contributed by atoms with Crippen LogP contribution in [0.3, 0.4) is 0 Å². The lowest BCUT2D eigenvalue weighted by atomic mass is 9.84. The van der Waals surface area contributed by atoms with Crippen LogP contribution >= 0.6 is 0 Å². The standard InChI is InChI=1S/C16H24FNO/c1-3-12-6-5-7-13(10-12)18-14-8-9-16(19-4-2)15(17)11-14/h8-9,11-13,18H,3-7,10H2,1-2H3. The van der Waals surface area contributed by atoms with E-state index < -0.39 is 0 Å². The Bertz CT molecular complexity index is 408. The fraction of sp³-hybridized carbons (Fsp3) is 0.625. The van der Waals surface area contributed by atoms with Crippen molar-refractivity contribution >= 4 is 5.69 Å². The number of rotatable bonds is 5. The molecule has 0 heterocycles. The van der Waals surface area contributed by atoms with Gasteiger partial charge in [-0.25, -0.2) is 4.39 Å². The first-order chi connectivity index (χ1) is 9.22. The largest absolute Gasteiger partial charge is 0.491 e. The summed E-state index contributed by atoms with van der Waals surface area (Å²) in [5.41, 5.74) is 0.864. The van der Waals surface area contributed by atoms with E-state index in [1.165, 1.54) is 32.1 Å². The summed E-state index contributed by atoms with van der Waals surface area (Å²) in [6, 6.07) is 5.64. The van der Waals surface area contributed by atoms with E-state index in [4.69, 9.17) is 4.74 Å². The first-order valence-corrected chi connectivity index (χ1v) is 7.41. The molecule has 106 valence electrons. The van der Waals surface area contributed by atoms with Gasteiger partial charge in [-0.15, -0.1) is 0 Å². The lowest BCUT2D eigenvalue weighted by Gasteiger charge is -2.29. The number of benzene rings is 1. The van der Waals surface area contributed by atoms with Gasteiger partial charge in [0.25, 0.3) is 0 Å². The maximum Gasteiger partial charge on any atom is 0.167 e. The lowest BCUT2D eigenvalue weighted by Crippen LogP contribution is -2.27. The average Bonchev–Trinajstić information content (AvgIpc) is 2.42. The van der Waals surface area contributed by atoms with Crippen molar-refractivity contribution < 1.29 is 9.13 Å². The van der Waals surface area contributed by atoms with Gasteiger partial charge >= 0.3 is 0 Å². The highest BCUT2D eigenvalue weighted by Crippen LogP contribution is 2.29. The normalized spacial score (nSPS) is 23.1. The van der Waals surface area contributed by atoms with Gasteiger partial charge in [0.15, 0.2) is 11.6 Å². The zero-order chi connectivity index (χ0) is 13.7. The van der Waals surface area contributed by atoms with Gasteiger partial charge in [0, 0.05) is 17.8 Å². The van der Waals surface area contributed by atoms with Gasteiger partial charge in [0.05, 0.1) is 6.61 Å². The second-order valence-corrected chi connectivity index (χ2v) is 5.36. The van der Waals surface area contributed by atoms with Crippen LogP contribution in [0.15, 0.2) is 18.2 Å². The van der Waals surface area contributed by atoms with Crippen LogP contribution in [0, 0.1) is 11.7 Å². The third-order valence-corrected chi connectivity index (χ3v) is 3.96. The van der Waals surface area contributed by atoms with E-state index >= 15 is 0 Å². The van der Waals surface area contributed by atoms with Crippen molar-refractivity contribution in [1.82, 2.24) is 0 Å². The van der Waals surface area contributed by atoms with Crippen LogP contribution in [0.25, 0.3) is 0 Å². The van der Waals surface area contributed by atoms with Crippen LogP contribution in [0.4, 0.5) is 10.1 Å². The molecule has 1 saturated carbocycles. The average molecular weight is 265 g/mol.